The molecule has 0 radical (unpaired) electrons. The van der Waals surface area contributed by atoms with Crippen LogP contribution in [0.3, 0.4) is 0 Å². The molecule has 1 aliphatic rings. The Bertz CT molecular complexity index is 1330. The fourth-order valence-corrected chi connectivity index (χ4v) is 5.10. The van der Waals surface area contributed by atoms with Crippen molar-refractivity contribution < 1.29 is 9.50 Å². The smallest absolute Gasteiger partial charge is 0.182 e. The van der Waals surface area contributed by atoms with Crippen LogP contribution in [-0.2, 0) is 0 Å². The van der Waals surface area contributed by atoms with Crippen molar-refractivity contribution in [1.29, 1.82) is 5.26 Å². The molecule has 7 nitrogen and oxygen atoms in total. The lowest BCUT2D eigenvalue weighted by atomic mass is 9.96. The normalized spacial score (nSPS) is 14.7. The van der Waals surface area contributed by atoms with Crippen molar-refractivity contribution in [1.82, 2.24) is 25.5 Å². The molecule has 3 aromatic heterocycles. The minimum atomic E-state index is -0.657. The summed E-state index contributed by atoms with van der Waals surface area (Å²) in [4.78, 5) is 9.38. The van der Waals surface area contributed by atoms with Gasteiger partial charge in [-0.2, -0.15) is 10.4 Å². The Morgan fingerprint density at radius 2 is 2.06 bits per heavy atom. The number of nitrogens with one attached hydrogen (secondary N) is 2. The first kappa shape index (κ1) is 19.6. The highest BCUT2D eigenvalue weighted by molar-refractivity contribution is 7.10. The van der Waals surface area contributed by atoms with Crippen molar-refractivity contribution in [3.8, 4) is 34.3 Å². The van der Waals surface area contributed by atoms with Gasteiger partial charge in [0.2, 0.25) is 0 Å². The number of phenolic OH excluding ortho intramolecular Hbond substituents is 1. The summed E-state index contributed by atoms with van der Waals surface area (Å²) in [6.45, 7) is 3.80. The molecule has 1 aromatic carbocycles. The monoisotopic (exact) mass is 434 g/mol. The first-order chi connectivity index (χ1) is 15.1. The second kappa shape index (κ2) is 7.72. The topological polar surface area (TPSA) is 111 Å². The summed E-state index contributed by atoms with van der Waals surface area (Å²) in [5.41, 5.74) is 3.00. The van der Waals surface area contributed by atoms with Gasteiger partial charge in [-0.25, -0.2) is 14.4 Å². The molecule has 4 aromatic rings. The summed E-state index contributed by atoms with van der Waals surface area (Å²) in [5, 5.41) is 33.9. The molecule has 0 atom stereocenters. The molecule has 0 amide bonds. The Kier molecular flexibility index (Phi) is 4.88. The number of pyridine rings is 1. The Labute approximate surface area is 181 Å². The molecule has 0 unspecified atom stereocenters. The highest BCUT2D eigenvalue weighted by atomic mass is 32.1. The van der Waals surface area contributed by atoms with E-state index < -0.39 is 5.82 Å². The molecule has 156 valence electrons. The summed E-state index contributed by atoms with van der Waals surface area (Å²) in [5.74, 6) is -0.458. The van der Waals surface area contributed by atoms with Crippen molar-refractivity contribution in [2.45, 2.75) is 25.7 Å². The predicted octanol–water partition coefficient (Wildman–Crippen LogP) is 4.24. The van der Waals surface area contributed by atoms with Crippen molar-refractivity contribution in [2.24, 2.45) is 0 Å². The number of phenols is 1. The third-order valence-electron chi connectivity index (χ3n) is 5.67. The quantitative estimate of drug-likeness (QED) is 0.445. The molecule has 5 rings (SSSR count). The maximum atomic E-state index is 14.7. The van der Waals surface area contributed by atoms with Crippen molar-refractivity contribution in [3.63, 3.8) is 0 Å². The van der Waals surface area contributed by atoms with Crippen molar-refractivity contribution in [2.75, 3.05) is 13.1 Å². The number of aromatic amines is 1. The number of halogens is 1. The van der Waals surface area contributed by atoms with Crippen LogP contribution in [0.15, 0.2) is 23.6 Å². The molecule has 1 aliphatic heterocycles. The standard InChI is InChI=1S/C22H19FN6OS/c1-11-18-19(17-10-31-22(26-17)12-4-6-25-7-5-12)15(9-24)20(27-21(18)29-28-11)14-3-2-13(30)8-16(14)23/h2-3,8,10,12,25,30H,4-7H2,1H3,(H,27,28,29). The summed E-state index contributed by atoms with van der Waals surface area (Å²) >= 11 is 1.59. The molecule has 4 heterocycles. The molecule has 31 heavy (non-hydrogen) atoms. The second-order valence-electron chi connectivity index (χ2n) is 7.63. The maximum Gasteiger partial charge on any atom is 0.182 e. The van der Waals surface area contributed by atoms with Crippen LogP contribution in [0.25, 0.3) is 33.5 Å². The summed E-state index contributed by atoms with van der Waals surface area (Å²) < 4.78 is 14.7. The van der Waals surface area contributed by atoms with E-state index in [4.69, 9.17) is 4.98 Å². The van der Waals surface area contributed by atoms with Crippen LogP contribution < -0.4 is 5.32 Å². The largest absolute Gasteiger partial charge is 0.508 e. The highest BCUT2D eigenvalue weighted by Crippen LogP contribution is 2.40. The van der Waals surface area contributed by atoms with E-state index in [2.05, 4.69) is 26.6 Å². The predicted molar refractivity (Wildman–Crippen MR) is 116 cm³/mol. The van der Waals surface area contributed by atoms with E-state index in [1.54, 1.807) is 11.3 Å². The lowest BCUT2D eigenvalue weighted by Gasteiger charge is -2.20. The van der Waals surface area contributed by atoms with Crippen LogP contribution >= 0.6 is 11.3 Å². The number of benzene rings is 1. The molecule has 0 aliphatic carbocycles. The molecule has 1 fully saturated rings. The molecule has 9 heteroatoms. The van der Waals surface area contributed by atoms with Crippen LogP contribution in [-0.4, -0.2) is 38.4 Å². The Hall–Kier alpha value is -3.35. The van der Waals surface area contributed by atoms with Gasteiger partial charge in [0.05, 0.1) is 27.3 Å². The summed E-state index contributed by atoms with van der Waals surface area (Å²) in [6, 6.07) is 6.03. The van der Waals surface area contributed by atoms with E-state index in [0.717, 1.165) is 42.7 Å². The zero-order valence-electron chi connectivity index (χ0n) is 16.7. The number of rotatable bonds is 3. The number of piperidine rings is 1. The molecule has 1 saturated heterocycles. The van der Waals surface area contributed by atoms with Gasteiger partial charge in [-0.15, -0.1) is 11.3 Å². The third-order valence-corrected chi connectivity index (χ3v) is 6.68. The van der Waals surface area contributed by atoms with Gasteiger partial charge in [0.25, 0.3) is 0 Å². The molecule has 0 spiro atoms. The van der Waals surface area contributed by atoms with E-state index in [-0.39, 0.29) is 22.6 Å². The molecule has 3 N–H and O–H groups in total. The lowest BCUT2D eigenvalue weighted by molar-refractivity contribution is 0.459. The number of aromatic nitrogens is 4. The van der Waals surface area contributed by atoms with E-state index in [1.807, 2.05) is 12.3 Å². The zero-order valence-corrected chi connectivity index (χ0v) is 17.6. The number of thiazole rings is 1. The average Bonchev–Trinajstić information content (AvgIpc) is 3.40. The minimum absolute atomic E-state index is 0.131. The van der Waals surface area contributed by atoms with Crippen LogP contribution in [0.1, 0.15) is 35.0 Å². The van der Waals surface area contributed by atoms with Gasteiger partial charge < -0.3 is 10.4 Å². The van der Waals surface area contributed by atoms with E-state index in [9.17, 15) is 14.8 Å². The zero-order chi connectivity index (χ0) is 21.5. The second-order valence-corrected chi connectivity index (χ2v) is 8.52. The number of H-pyrrole nitrogens is 1. The van der Waals surface area contributed by atoms with E-state index in [0.29, 0.717) is 28.2 Å². The third kappa shape index (κ3) is 3.34. The number of nitriles is 1. The van der Waals surface area contributed by atoms with Gasteiger partial charge in [0.15, 0.2) is 5.65 Å². The first-order valence-corrected chi connectivity index (χ1v) is 10.9. The average molecular weight is 435 g/mol. The Balaban J connectivity index is 1.75. The molecule has 0 saturated carbocycles. The summed E-state index contributed by atoms with van der Waals surface area (Å²) in [7, 11) is 0. The molecular formula is C22H19FN6OS. The number of aryl methyl sites for hydroxylation is 1. The number of fused-ring (bicyclic) bond motifs is 1. The lowest BCUT2D eigenvalue weighted by Crippen LogP contribution is -2.26. The number of nitrogens with zero attached hydrogens (tertiary/aromatic N) is 4. The highest BCUT2D eigenvalue weighted by Gasteiger charge is 2.26. The van der Waals surface area contributed by atoms with Crippen molar-refractivity contribution >= 4 is 22.4 Å². The first-order valence-electron chi connectivity index (χ1n) is 10.0. The van der Waals surface area contributed by atoms with Crippen LogP contribution in [0.2, 0.25) is 0 Å². The van der Waals surface area contributed by atoms with Gasteiger partial charge in [-0.3, -0.25) is 5.10 Å². The molecular weight excluding hydrogens is 415 g/mol. The maximum absolute atomic E-state index is 14.7. The van der Waals surface area contributed by atoms with Gasteiger partial charge in [-0.1, -0.05) is 0 Å². The van der Waals surface area contributed by atoms with Crippen LogP contribution in [0.4, 0.5) is 4.39 Å². The van der Waals surface area contributed by atoms with Gasteiger partial charge in [0.1, 0.15) is 17.6 Å². The summed E-state index contributed by atoms with van der Waals surface area (Å²) in [6.07, 6.45) is 2.05. The van der Waals surface area contributed by atoms with E-state index in [1.165, 1.54) is 12.1 Å². The van der Waals surface area contributed by atoms with Crippen LogP contribution in [0, 0.1) is 24.1 Å². The fourth-order valence-electron chi connectivity index (χ4n) is 4.12. The number of hydrogen-bond donors (Lipinski definition) is 3. The van der Waals surface area contributed by atoms with Crippen molar-refractivity contribution in [3.05, 3.63) is 45.7 Å². The van der Waals surface area contributed by atoms with Crippen LogP contribution in [0.5, 0.6) is 5.75 Å². The Morgan fingerprint density at radius 1 is 1.26 bits per heavy atom. The fraction of sp³-hybridized carbons (Fsp3) is 0.273. The minimum Gasteiger partial charge on any atom is -0.508 e. The Morgan fingerprint density at radius 3 is 2.81 bits per heavy atom. The SMILES string of the molecule is Cc1[nH]nc2nc(-c3ccc(O)cc3F)c(C#N)c(-c3csc(C4CCNCC4)n3)c12. The van der Waals surface area contributed by atoms with Gasteiger partial charge >= 0.3 is 0 Å². The van der Waals surface area contributed by atoms with E-state index >= 15 is 0 Å². The molecule has 0 bridgehead atoms. The van der Waals surface area contributed by atoms with Gasteiger partial charge in [0, 0.05) is 34.2 Å². The number of aromatic hydroxyl groups is 1. The number of hydrogen-bond acceptors (Lipinski definition) is 7. The van der Waals surface area contributed by atoms with Gasteiger partial charge in [-0.05, 0) is 45.0 Å².